The van der Waals surface area contributed by atoms with E-state index >= 15 is 0 Å². The maximum absolute atomic E-state index is 6.06. The van der Waals surface area contributed by atoms with Crippen LogP contribution in [0.5, 0.6) is 0 Å². The molecule has 1 aliphatic rings. The van der Waals surface area contributed by atoms with Crippen LogP contribution in [-0.2, 0) is 5.41 Å². The first-order valence-corrected chi connectivity index (χ1v) is 5.07. The Morgan fingerprint density at radius 2 is 1.85 bits per heavy atom. The van der Waals surface area contributed by atoms with Gasteiger partial charge in [0.1, 0.15) is 0 Å². The Morgan fingerprint density at radius 1 is 1.23 bits per heavy atom. The Kier molecular flexibility index (Phi) is 2.12. The van der Waals surface area contributed by atoms with Crippen LogP contribution in [0.2, 0.25) is 0 Å². The topological polar surface area (TPSA) is 26.0 Å². The molecule has 1 atom stereocenters. The lowest BCUT2D eigenvalue weighted by Gasteiger charge is -2.45. The molecule has 0 spiro atoms. The first kappa shape index (κ1) is 8.76. The van der Waals surface area contributed by atoms with Crippen LogP contribution in [0.15, 0.2) is 30.3 Å². The highest BCUT2D eigenvalue weighted by molar-refractivity contribution is 5.29. The normalized spacial score (nSPS) is 22.0. The largest absolute Gasteiger partial charge is 0.327 e. The molecule has 1 nitrogen and oxygen atoms in total. The summed E-state index contributed by atoms with van der Waals surface area (Å²) in [5, 5.41) is 0. The van der Waals surface area contributed by atoms with Gasteiger partial charge in [-0.3, -0.25) is 0 Å². The highest BCUT2D eigenvalue weighted by atomic mass is 14.7. The van der Waals surface area contributed by atoms with Crippen molar-refractivity contribution in [1.29, 1.82) is 0 Å². The summed E-state index contributed by atoms with van der Waals surface area (Å²) in [7, 11) is 0. The molecule has 1 heteroatoms. The van der Waals surface area contributed by atoms with E-state index in [1.807, 2.05) is 0 Å². The van der Waals surface area contributed by atoms with Gasteiger partial charge in [0, 0.05) is 11.5 Å². The molecule has 2 rings (SSSR count). The summed E-state index contributed by atoms with van der Waals surface area (Å²) in [4.78, 5) is 0. The Balaban J connectivity index is 2.32. The van der Waals surface area contributed by atoms with Gasteiger partial charge >= 0.3 is 0 Å². The second-order valence-corrected chi connectivity index (χ2v) is 4.16. The molecule has 1 saturated carbocycles. The molecule has 13 heavy (non-hydrogen) atoms. The van der Waals surface area contributed by atoms with Crippen LogP contribution in [0.3, 0.4) is 0 Å². The van der Waals surface area contributed by atoms with E-state index in [2.05, 4.69) is 37.3 Å². The van der Waals surface area contributed by atoms with Crippen LogP contribution >= 0.6 is 0 Å². The lowest BCUT2D eigenvalue weighted by molar-refractivity contribution is 0.205. The van der Waals surface area contributed by atoms with Crippen molar-refractivity contribution in [3.8, 4) is 0 Å². The van der Waals surface area contributed by atoms with Gasteiger partial charge in [-0.2, -0.15) is 0 Å². The number of rotatable bonds is 2. The molecular formula is C12H17N. The second kappa shape index (κ2) is 3.15. The van der Waals surface area contributed by atoms with Gasteiger partial charge in [0.2, 0.25) is 0 Å². The smallest absolute Gasteiger partial charge is 0.0108 e. The Morgan fingerprint density at radius 3 is 2.23 bits per heavy atom. The minimum absolute atomic E-state index is 0.281. The fraction of sp³-hybridized carbons (Fsp3) is 0.500. The zero-order chi connectivity index (χ0) is 9.31. The summed E-state index contributed by atoms with van der Waals surface area (Å²) < 4.78 is 0. The highest BCUT2D eigenvalue weighted by Gasteiger charge is 2.41. The van der Waals surface area contributed by atoms with Crippen molar-refractivity contribution in [2.24, 2.45) is 5.73 Å². The van der Waals surface area contributed by atoms with Crippen LogP contribution in [0, 0.1) is 0 Å². The number of hydrogen-bond acceptors (Lipinski definition) is 1. The van der Waals surface area contributed by atoms with Crippen LogP contribution in [0.4, 0.5) is 0 Å². The van der Waals surface area contributed by atoms with Crippen LogP contribution in [0.25, 0.3) is 0 Å². The number of benzene rings is 1. The second-order valence-electron chi connectivity index (χ2n) is 4.16. The monoisotopic (exact) mass is 175 g/mol. The molecule has 70 valence electrons. The first-order chi connectivity index (χ1) is 6.26. The lowest BCUT2D eigenvalue weighted by Crippen LogP contribution is -2.48. The minimum Gasteiger partial charge on any atom is -0.327 e. The van der Waals surface area contributed by atoms with Crippen molar-refractivity contribution in [2.45, 2.75) is 37.6 Å². The van der Waals surface area contributed by atoms with Gasteiger partial charge in [0.05, 0.1) is 0 Å². The predicted octanol–water partition coefficient (Wildman–Crippen LogP) is 2.46. The lowest BCUT2D eigenvalue weighted by atomic mass is 9.61. The summed E-state index contributed by atoms with van der Waals surface area (Å²) in [5.74, 6) is 0. The third-order valence-corrected chi connectivity index (χ3v) is 3.47. The Bertz CT molecular complexity index is 272. The van der Waals surface area contributed by atoms with E-state index in [0.717, 1.165) is 0 Å². The van der Waals surface area contributed by atoms with Crippen molar-refractivity contribution in [3.63, 3.8) is 0 Å². The molecule has 0 saturated heterocycles. The van der Waals surface area contributed by atoms with E-state index in [-0.39, 0.29) is 6.04 Å². The van der Waals surface area contributed by atoms with Crippen molar-refractivity contribution in [3.05, 3.63) is 35.9 Å². The molecule has 0 bridgehead atoms. The van der Waals surface area contributed by atoms with E-state index in [1.54, 1.807) is 0 Å². The van der Waals surface area contributed by atoms with Crippen molar-refractivity contribution < 1.29 is 0 Å². The fourth-order valence-corrected chi connectivity index (χ4v) is 2.33. The summed E-state index contributed by atoms with van der Waals surface area (Å²) in [5.41, 5.74) is 7.78. The number of nitrogens with two attached hydrogens (primary N) is 1. The highest BCUT2D eigenvalue weighted by Crippen LogP contribution is 2.45. The average Bonchev–Trinajstić information content (AvgIpc) is 2.03. The summed E-state index contributed by atoms with van der Waals surface area (Å²) >= 11 is 0. The van der Waals surface area contributed by atoms with E-state index in [0.29, 0.717) is 5.41 Å². The quantitative estimate of drug-likeness (QED) is 0.734. The molecule has 2 N–H and O–H groups in total. The Hall–Kier alpha value is -0.820. The van der Waals surface area contributed by atoms with Gasteiger partial charge in [-0.25, -0.2) is 0 Å². The zero-order valence-corrected chi connectivity index (χ0v) is 8.16. The fourth-order valence-electron chi connectivity index (χ4n) is 2.33. The predicted molar refractivity (Wildman–Crippen MR) is 55.6 cm³/mol. The molecule has 0 aromatic heterocycles. The van der Waals surface area contributed by atoms with Crippen LogP contribution in [0.1, 0.15) is 31.7 Å². The summed E-state index contributed by atoms with van der Waals surface area (Å²) in [6.45, 7) is 2.13. The van der Waals surface area contributed by atoms with Gasteiger partial charge in [0.15, 0.2) is 0 Å². The van der Waals surface area contributed by atoms with Crippen molar-refractivity contribution in [2.75, 3.05) is 0 Å². The van der Waals surface area contributed by atoms with Gasteiger partial charge in [-0.15, -0.1) is 0 Å². The summed E-state index contributed by atoms with van der Waals surface area (Å²) in [6, 6.07) is 11.0. The molecular weight excluding hydrogens is 158 g/mol. The maximum atomic E-state index is 6.06. The molecule has 0 radical (unpaired) electrons. The standard InChI is InChI=1S/C12H17N/c1-10(13)12(8-5-9-12)11-6-3-2-4-7-11/h2-4,6-7,10H,5,8-9,13H2,1H3/t10-/m0/s1. The van der Waals surface area contributed by atoms with Gasteiger partial charge in [0.25, 0.3) is 0 Å². The van der Waals surface area contributed by atoms with Crippen molar-refractivity contribution >= 4 is 0 Å². The maximum Gasteiger partial charge on any atom is 0.0108 e. The molecule has 0 amide bonds. The molecule has 1 aromatic carbocycles. The average molecular weight is 175 g/mol. The van der Waals surface area contributed by atoms with Gasteiger partial charge in [-0.05, 0) is 25.3 Å². The van der Waals surface area contributed by atoms with E-state index in [1.165, 1.54) is 24.8 Å². The molecule has 0 unspecified atom stereocenters. The van der Waals surface area contributed by atoms with Crippen LogP contribution in [-0.4, -0.2) is 6.04 Å². The third kappa shape index (κ3) is 1.28. The molecule has 1 aromatic rings. The Labute approximate surface area is 80.0 Å². The minimum atomic E-state index is 0.281. The summed E-state index contributed by atoms with van der Waals surface area (Å²) in [6.07, 6.45) is 3.85. The van der Waals surface area contributed by atoms with E-state index < -0.39 is 0 Å². The SMILES string of the molecule is C[C@H](N)C1(c2ccccc2)CCC1. The molecule has 0 aliphatic heterocycles. The van der Waals surface area contributed by atoms with Crippen molar-refractivity contribution in [1.82, 2.24) is 0 Å². The van der Waals surface area contributed by atoms with E-state index in [4.69, 9.17) is 5.73 Å². The molecule has 1 fully saturated rings. The molecule has 0 heterocycles. The molecule has 1 aliphatic carbocycles. The zero-order valence-electron chi connectivity index (χ0n) is 8.16. The van der Waals surface area contributed by atoms with Gasteiger partial charge in [-0.1, -0.05) is 36.8 Å². The third-order valence-electron chi connectivity index (χ3n) is 3.47. The first-order valence-electron chi connectivity index (χ1n) is 5.07. The van der Waals surface area contributed by atoms with E-state index in [9.17, 15) is 0 Å². The van der Waals surface area contributed by atoms with Crippen LogP contribution < -0.4 is 5.73 Å². The van der Waals surface area contributed by atoms with Gasteiger partial charge < -0.3 is 5.73 Å². The number of hydrogen-bond donors (Lipinski definition) is 1.